The largest absolute Gasteiger partial charge is 0.334 e. The molecule has 2 aliphatic rings. The van der Waals surface area contributed by atoms with Gasteiger partial charge in [0, 0.05) is 49.1 Å². The molecule has 1 N–H and O–H groups in total. The second-order valence-corrected chi connectivity index (χ2v) is 10.7. The predicted octanol–water partition coefficient (Wildman–Crippen LogP) is 4.45. The number of rotatable bonds is 5. The van der Waals surface area contributed by atoms with E-state index >= 15 is 0 Å². The summed E-state index contributed by atoms with van der Waals surface area (Å²) >= 11 is 0. The molecule has 5 rings (SSSR count). The molecule has 2 aliphatic heterocycles. The summed E-state index contributed by atoms with van der Waals surface area (Å²) in [4.78, 5) is 17.1. The molecule has 0 radical (unpaired) electrons. The number of imidazole rings is 1. The molecule has 1 fully saturated rings. The Kier molecular flexibility index (Phi) is 6.22. The molecule has 2 aromatic carbocycles. The van der Waals surface area contributed by atoms with Crippen LogP contribution in [0.1, 0.15) is 48.3 Å². The number of sulfonamides is 1. The molecule has 1 saturated heterocycles. The highest BCUT2D eigenvalue weighted by Gasteiger charge is 2.29. The van der Waals surface area contributed by atoms with Crippen LogP contribution in [0.15, 0.2) is 53.6 Å². The number of hydrogen-bond donors (Lipinski definition) is 1. The summed E-state index contributed by atoms with van der Waals surface area (Å²) in [6, 6.07) is 10.8. The van der Waals surface area contributed by atoms with E-state index in [9.17, 15) is 17.6 Å². The van der Waals surface area contributed by atoms with Crippen LogP contribution >= 0.6 is 0 Å². The van der Waals surface area contributed by atoms with E-state index in [2.05, 4.69) is 16.1 Å². The van der Waals surface area contributed by atoms with Crippen LogP contribution < -0.4 is 5.32 Å². The fourth-order valence-corrected chi connectivity index (χ4v) is 6.17. The van der Waals surface area contributed by atoms with Crippen LogP contribution in [0.25, 0.3) is 11.3 Å². The van der Waals surface area contributed by atoms with Crippen LogP contribution in [0.2, 0.25) is 0 Å². The molecule has 0 unspecified atom stereocenters. The van der Waals surface area contributed by atoms with Gasteiger partial charge in [0.05, 0.1) is 5.69 Å². The van der Waals surface area contributed by atoms with Crippen LogP contribution in [0, 0.1) is 5.82 Å². The van der Waals surface area contributed by atoms with E-state index in [0.717, 1.165) is 74.3 Å². The molecule has 1 amide bonds. The fraction of sp³-hybridized carbons (Fsp3) is 0.360. The SMILES string of the molecule is O=C(Nc1ccc(-c2cn3c(n2)CCCC3)cc1)c1ccc(F)c(S(=O)(=O)N2CCCCC2)c1. The number of halogens is 1. The van der Waals surface area contributed by atoms with Gasteiger partial charge in [-0.2, -0.15) is 4.31 Å². The van der Waals surface area contributed by atoms with E-state index < -0.39 is 26.6 Å². The van der Waals surface area contributed by atoms with E-state index in [4.69, 9.17) is 4.98 Å². The second-order valence-electron chi connectivity index (χ2n) is 8.83. The Bertz CT molecular complexity index is 1290. The summed E-state index contributed by atoms with van der Waals surface area (Å²) in [6.07, 6.45) is 7.83. The third-order valence-corrected chi connectivity index (χ3v) is 8.39. The molecule has 178 valence electrons. The van der Waals surface area contributed by atoms with Gasteiger partial charge in [0.15, 0.2) is 0 Å². The molecule has 0 saturated carbocycles. The minimum atomic E-state index is -3.99. The zero-order valence-electron chi connectivity index (χ0n) is 18.8. The van der Waals surface area contributed by atoms with Gasteiger partial charge in [-0.1, -0.05) is 18.6 Å². The standard InChI is InChI=1S/C25H27FN4O3S/c26-21-12-9-19(16-23(21)34(32,33)30-14-3-1-4-15-30)25(31)27-20-10-7-18(8-11-20)22-17-29-13-5-2-6-24(29)28-22/h7-12,16-17H,1-6,13-15H2,(H,27,31). The van der Waals surface area contributed by atoms with Crippen molar-refractivity contribution in [3.8, 4) is 11.3 Å². The van der Waals surface area contributed by atoms with Crippen LogP contribution in [0.4, 0.5) is 10.1 Å². The Balaban J connectivity index is 1.32. The maximum Gasteiger partial charge on any atom is 0.255 e. The smallest absolute Gasteiger partial charge is 0.255 e. The number of hydrogen-bond acceptors (Lipinski definition) is 4. The number of nitrogens with one attached hydrogen (secondary N) is 1. The summed E-state index contributed by atoms with van der Waals surface area (Å²) in [5, 5.41) is 2.77. The number of anilines is 1. The summed E-state index contributed by atoms with van der Waals surface area (Å²) < 4.78 is 43.8. The van der Waals surface area contributed by atoms with Gasteiger partial charge in [0.25, 0.3) is 5.91 Å². The van der Waals surface area contributed by atoms with Crippen molar-refractivity contribution in [2.24, 2.45) is 0 Å². The summed E-state index contributed by atoms with van der Waals surface area (Å²) in [5.41, 5.74) is 2.50. The van der Waals surface area contributed by atoms with Crippen molar-refractivity contribution in [3.63, 3.8) is 0 Å². The van der Waals surface area contributed by atoms with Crippen molar-refractivity contribution in [2.45, 2.75) is 50.0 Å². The highest BCUT2D eigenvalue weighted by atomic mass is 32.2. The van der Waals surface area contributed by atoms with E-state index in [1.165, 1.54) is 10.4 Å². The minimum absolute atomic E-state index is 0.0860. The van der Waals surface area contributed by atoms with E-state index in [1.807, 2.05) is 12.1 Å². The van der Waals surface area contributed by atoms with Crippen LogP contribution in [0.3, 0.4) is 0 Å². The number of carbonyl (C=O) groups excluding carboxylic acids is 1. The van der Waals surface area contributed by atoms with Gasteiger partial charge < -0.3 is 9.88 Å². The molecule has 0 atom stereocenters. The lowest BCUT2D eigenvalue weighted by atomic mass is 10.1. The van der Waals surface area contributed by atoms with Gasteiger partial charge in [-0.3, -0.25) is 4.79 Å². The van der Waals surface area contributed by atoms with Crippen molar-refractivity contribution in [1.29, 1.82) is 0 Å². The quantitative estimate of drug-likeness (QED) is 0.582. The van der Waals surface area contributed by atoms with E-state index in [0.29, 0.717) is 18.8 Å². The number of piperidine rings is 1. The number of nitrogens with zero attached hydrogens (tertiary/aromatic N) is 3. The molecule has 3 aromatic rings. The number of aromatic nitrogens is 2. The Hall–Kier alpha value is -3.04. The molecule has 1 aromatic heterocycles. The molecule has 0 aliphatic carbocycles. The topological polar surface area (TPSA) is 84.3 Å². The van der Waals surface area contributed by atoms with Gasteiger partial charge in [-0.15, -0.1) is 0 Å². The molecule has 3 heterocycles. The Labute approximate surface area is 198 Å². The van der Waals surface area contributed by atoms with Crippen LogP contribution in [-0.2, 0) is 23.0 Å². The van der Waals surface area contributed by atoms with Crippen LogP contribution in [-0.4, -0.2) is 41.3 Å². The summed E-state index contributed by atoms with van der Waals surface area (Å²) in [6.45, 7) is 1.72. The highest BCUT2D eigenvalue weighted by molar-refractivity contribution is 7.89. The first-order chi connectivity index (χ1) is 16.4. The van der Waals surface area contributed by atoms with Gasteiger partial charge in [-0.05, 0) is 56.0 Å². The Morgan fingerprint density at radius 2 is 1.68 bits per heavy atom. The lowest BCUT2D eigenvalue weighted by Crippen LogP contribution is -2.36. The fourth-order valence-electron chi connectivity index (χ4n) is 4.57. The van der Waals surface area contributed by atoms with Crippen molar-refractivity contribution in [2.75, 3.05) is 18.4 Å². The minimum Gasteiger partial charge on any atom is -0.334 e. The molecule has 34 heavy (non-hydrogen) atoms. The monoisotopic (exact) mass is 482 g/mol. The zero-order chi connectivity index (χ0) is 23.7. The lowest BCUT2D eigenvalue weighted by Gasteiger charge is -2.26. The third kappa shape index (κ3) is 4.50. The Morgan fingerprint density at radius 3 is 2.41 bits per heavy atom. The van der Waals surface area contributed by atoms with Crippen molar-refractivity contribution < 1.29 is 17.6 Å². The van der Waals surface area contributed by atoms with Gasteiger partial charge in [0.2, 0.25) is 10.0 Å². The van der Waals surface area contributed by atoms with E-state index in [-0.39, 0.29) is 5.56 Å². The van der Waals surface area contributed by atoms with Crippen molar-refractivity contribution >= 4 is 21.6 Å². The maximum atomic E-state index is 14.5. The summed E-state index contributed by atoms with van der Waals surface area (Å²) in [5.74, 6) is -0.250. The molecular formula is C25H27FN4O3S. The molecular weight excluding hydrogens is 455 g/mol. The summed E-state index contributed by atoms with van der Waals surface area (Å²) in [7, 11) is -3.99. The highest BCUT2D eigenvalue weighted by Crippen LogP contribution is 2.26. The van der Waals surface area contributed by atoms with Gasteiger partial charge in [-0.25, -0.2) is 17.8 Å². The maximum absolute atomic E-state index is 14.5. The number of amides is 1. The molecule has 9 heteroatoms. The van der Waals surface area contributed by atoms with Crippen molar-refractivity contribution in [3.05, 3.63) is 65.9 Å². The lowest BCUT2D eigenvalue weighted by molar-refractivity contribution is 0.102. The van der Waals surface area contributed by atoms with Gasteiger partial charge >= 0.3 is 0 Å². The second kappa shape index (κ2) is 9.31. The van der Waals surface area contributed by atoms with Crippen molar-refractivity contribution in [1.82, 2.24) is 13.9 Å². The average Bonchev–Trinajstić information content (AvgIpc) is 3.29. The zero-order valence-corrected chi connectivity index (χ0v) is 19.7. The first-order valence-electron chi connectivity index (χ1n) is 11.7. The number of fused-ring (bicyclic) bond motifs is 1. The predicted molar refractivity (Wildman–Crippen MR) is 128 cm³/mol. The molecule has 0 spiro atoms. The van der Waals surface area contributed by atoms with Gasteiger partial charge in [0.1, 0.15) is 16.5 Å². The number of aryl methyl sites for hydroxylation is 2. The first kappa shape index (κ1) is 22.7. The first-order valence-corrected chi connectivity index (χ1v) is 13.1. The normalized spacial score (nSPS) is 16.7. The molecule has 7 nitrogen and oxygen atoms in total. The average molecular weight is 483 g/mol. The number of benzene rings is 2. The Morgan fingerprint density at radius 1 is 0.941 bits per heavy atom. The number of carbonyl (C=O) groups is 1. The van der Waals surface area contributed by atoms with Crippen LogP contribution in [0.5, 0.6) is 0 Å². The molecule has 0 bridgehead atoms. The van der Waals surface area contributed by atoms with E-state index in [1.54, 1.807) is 12.1 Å². The third-order valence-electron chi connectivity index (χ3n) is 6.47.